The number of hydrogen-bond acceptors (Lipinski definition) is 5. The Morgan fingerprint density at radius 1 is 1.10 bits per heavy atom. The fourth-order valence-electron chi connectivity index (χ4n) is 2.91. The summed E-state index contributed by atoms with van der Waals surface area (Å²) in [5.41, 5.74) is 3.34. The topological polar surface area (TPSA) is 88.2 Å². The molecule has 0 fully saturated rings. The van der Waals surface area contributed by atoms with Crippen molar-refractivity contribution in [1.82, 2.24) is 4.98 Å². The second kappa shape index (κ2) is 8.34. The first-order valence-corrected chi connectivity index (χ1v) is 11.5. The summed E-state index contributed by atoms with van der Waals surface area (Å²) in [6, 6.07) is 11.6. The van der Waals surface area contributed by atoms with Crippen LogP contribution in [0, 0.1) is 20.8 Å². The van der Waals surface area contributed by atoms with E-state index in [1.807, 2.05) is 26.8 Å². The Labute approximate surface area is 175 Å². The van der Waals surface area contributed by atoms with E-state index < -0.39 is 10.0 Å². The fraction of sp³-hybridized carbons (Fsp3) is 0.238. The zero-order chi connectivity index (χ0) is 21.2. The Morgan fingerprint density at radius 2 is 1.86 bits per heavy atom. The van der Waals surface area contributed by atoms with Crippen molar-refractivity contribution in [2.75, 3.05) is 10.0 Å². The van der Waals surface area contributed by atoms with E-state index in [1.165, 1.54) is 23.5 Å². The Kier molecular flexibility index (Phi) is 6.04. The van der Waals surface area contributed by atoms with Gasteiger partial charge in [0.1, 0.15) is 0 Å². The molecule has 152 valence electrons. The third kappa shape index (κ3) is 4.83. The van der Waals surface area contributed by atoms with Gasteiger partial charge in [-0.3, -0.25) is 14.8 Å². The summed E-state index contributed by atoms with van der Waals surface area (Å²) < 4.78 is 28.1. The van der Waals surface area contributed by atoms with E-state index in [1.54, 1.807) is 31.2 Å². The lowest BCUT2D eigenvalue weighted by molar-refractivity contribution is 0.102. The van der Waals surface area contributed by atoms with Crippen molar-refractivity contribution in [1.29, 1.82) is 0 Å². The summed E-state index contributed by atoms with van der Waals surface area (Å²) in [6.45, 7) is 7.62. The van der Waals surface area contributed by atoms with Gasteiger partial charge in [-0.25, -0.2) is 13.4 Å². The van der Waals surface area contributed by atoms with Crippen molar-refractivity contribution < 1.29 is 13.2 Å². The average molecular weight is 430 g/mol. The summed E-state index contributed by atoms with van der Waals surface area (Å²) in [5.74, 6) is -0.383. The van der Waals surface area contributed by atoms with Gasteiger partial charge < -0.3 is 0 Å². The monoisotopic (exact) mass is 429 g/mol. The predicted octanol–water partition coefficient (Wildman–Crippen LogP) is 4.68. The molecule has 0 spiro atoms. The van der Waals surface area contributed by atoms with Gasteiger partial charge in [-0.2, -0.15) is 0 Å². The molecule has 0 saturated heterocycles. The van der Waals surface area contributed by atoms with Gasteiger partial charge in [-0.05, 0) is 62.6 Å². The first-order valence-electron chi connectivity index (χ1n) is 9.17. The van der Waals surface area contributed by atoms with Gasteiger partial charge in [0.2, 0.25) is 0 Å². The van der Waals surface area contributed by atoms with Crippen molar-refractivity contribution in [3.8, 4) is 0 Å². The van der Waals surface area contributed by atoms with Gasteiger partial charge in [-0.1, -0.05) is 25.1 Å². The van der Waals surface area contributed by atoms with Crippen LogP contribution < -0.4 is 10.0 Å². The Morgan fingerprint density at radius 3 is 2.52 bits per heavy atom. The number of benzene rings is 2. The summed E-state index contributed by atoms with van der Waals surface area (Å²) in [5, 5.41) is 3.29. The molecule has 0 bridgehead atoms. The number of nitrogens with zero attached hydrogens (tertiary/aromatic N) is 1. The Balaban J connectivity index is 1.87. The third-order valence-electron chi connectivity index (χ3n) is 4.48. The van der Waals surface area contributed by atoms with Gasteiger partial charge in [0, 0.05) is 16.1 Å². The van der Waals surface area contributed by atoms with Crippen molar-refractivity contribution in [2.24, 2.45) is 0 Å². The zero-order valence-electron chi connectivity index (χ0n) is 16.7. The molecule has 1 amide bonds. The normalized spacial score (nSPS) is 11.3. The van der Waals surface area contributed by atoms with Crippen molar-refractivity contribution >= 4 is 38.1 Å². The van der Waals surface area contributed by atoms with E-state index in [2.05, 4.69) is 15.0 Å². The van der Waals surface area contributed by atoms with Crippen LogP contribution in [0.25, 0.3) is 0 Å². The number of rotatable bonds is 6. The fourth-order valence-corrected chi connectivity index (χ4v) is 4.88. The first-order chi connectivity index (χ1) is 13.7. The van der Waals surface area contributed by atoms with Gasteiger partial charge >= 0.3 is 0 Å². The molecule has 0 saturated carbocycles. The average Bonchev–Trinajstić information content (AvgIpc) is 3.00. The van der Waals surface area contributed by atoms with Crippen LogP contribution in [0.1, 0.15) is 39.0 Å². The molecule has 0 atom stereocenters. The van der Waals surface area contributed by atoms with Crippen molar-refractivity contribution in [3.63, 3.8) is 0 Å². The molecular formula is C21H23N3O3S2. The summed E-state index contributed by atoms with van der Waals surface area (Å²) in [7, 11) is -3.83. The molecule has 6 nitrogen and oxygen atoms in total. The molecule has 0 unspecified atom stereocenters. The molecule has 2 aromatic carbocycles. The largest absolute Gasteiger partial charge is 0.298 e. The summed E-state index contributed by atoms with van der Waals surface area (Å²) >= 11 is 1.41. The highest BCUT2D eigenvalue weighted by Gasteiger charge is 2.19. The lowest BCUT2D eigenvalue weighted by Crippen LogP contribution is -2.17. The van der Waals surface area contributed by atoms with Gasteiger partial charge in [-0.15, -0.1) is 11.3 Å². The molecule has 3 aromatic rings. The highest BCUT2D eigenvalue weighted by Crippen LogP contribution is 2.24. The maximum Gasteiger partial charge on any atom is 0.261 e. The highest BCUT2D eigenvalue weighted by atomic mass is 32.2. The van der Waals surface area contributed by atoms with Gasteiger partial charge in [0.05, 0.1) is 10.6 Å². The number of thiazole rings is 1. The smallest absolute Gasteiger partial charge is 0.261 e. The molecule has 1 heterocycles. The molecule has 3 rings (SSSR count). The maximum absolute atomic E-state index is 12.8. The number of anilines is 2. The Bertz CT molecular complexity index is 1170. The minimum absolute atomic E-state index is 0.0272. The second-order valence-electron chi connectivity index (χ2n) is 6.78. The number of aromatic nitrogens is 1. The minimum atomic E-state index is -3.83. The van der Waals surface area contributed by atoms with Gasteiger partial charge in [0.25, 0.3) is 15.9 Å². The van der Waals surface area contributed by atoms with E-state index in [9.17, 15) is 13.2 Å². The van der Waals surface area contributed by atoms with E-state index in [0.29, 0.717) is 21.9 Å². The molecule has 1 aromatic heterocycles. The molecule has 0 radical (unpaired) electrons. The van der Waals surface area contributed by atoms with Crippen LogP contribution in [0.15, 0.2) is 47.4 Å². The third-order valence-corrected chi connectivity index (χ3v) is 6.79. The molecular weight excluding hydrogens is 406 g/mol. The van der Waals surface area contributed by atoms with Crippen LogP contribution in [-0.4, -0.2) is 19.3 Å². The molecule has 0 aliphatic carbocycles. The molecule has 2 N–H and O–H groups in total. The lowest BCUT2D eigenvalue weighted by Gasteiger charge is -2.11. The SMILES string of the molecule is CCc1nc(NC(=O)c2cc(S(=O)(=O)Nc3cccc(C)c3)ccc2C)sc1C. The van der Waals surface area contributed by atoms with Crippen LogP contribution in [-0.2, 0) is 16.4 Å². The number of hydrogen-bond donors (Lipinski definition) is 2. The number of carbonyl (C=O) groups is 1. The van der Waals surface area contributed by atoms with Crippen LogP contribution >= 0.6 is 11.3 Å². The molecule has 8 heteroatoms. The van der Waals surface area contributed by atoms with E-state index in [0.717, 1.165) is 22.6 Å². The number of sulfonamides is 1. The number of amides is 1. The van der Waals surface area contributed by atoms with E-state index in [4.69, 9.17) is 0 Å². The Hall–Kier alpha value is -2.71. The molecule has 0 aliphatic rings. The predicted molar refractivity (Wildman–Crippen MR) is 117 cm³/mol. The van der Waals surface area contributed by atoms with Crippen LogP contribution in [0.5, 0.6) is 0 Å². The van der Waals surface area contributed by atoms with Crippen LogP contribution in [0.4, 0.5) is 10.8 Å². The quantitative estimate of drug-likeness (QED) is 0.595. The summed E-state index contributed by atoms with van der Waals surface area (Å²) in [6.07, 6.45) is 0.787. The lowest BCUT2D eigenvalue weighted by atomic mass is 10.1. The van der Waals surface area contributed by atoms with Crippen LogP contribution in [0.2, 0.25) is 0 Å². The number of nitrogens with one attached hydrogen (secondary N) is 2. The van der Waals surface area contributed by atoms with Gasteiger partial charge in [0.15, 0.2) is 5.13 Å². The maximum atomic E-state index is 12.8. The number of carbonyl (C=O) groups excluding carboxylic acids is 1. The van der Waals surface area contributed by atoms with E-state index >= 15 is 0 Å². The summed E-state index contributed by atoms with van der Waals surface area (Å²) in [4.78, 5) is 18.3. The van der Waals surface area contributed by atoms with E-state index in [-0.39, 0.29) is 10.8 Å². The highest BCUT2D eigenvalue weighted by molar-refractivity contribution is 7.92. The first kappa shape index (κ1) is 21.0. The molecule has 29 heavy (non-hydrogen) atoms. The number of aryl methyl sites for hydroxylation is 4. The van der Waals surface area contributed by atoms with Crippen molar-refractivity contribution in [3.05, 3.63) is 69.7 Å². The second-order valence-corrected chi connectivity index (χ2v) is 9.67. The zero-order valence-corrected chi connectivity index (χ0v) is 18.4. The van der Waals surface area contributed by atoms with Crippen molar-refractivity contribution in [2.45, 2.75) is 39.0 Å². The van der Waals surface area contributed by atoms with Crippen LogP contribution in [0.3, 0.4) is 0 Å². The minimum Gasteiger partial charge on any atom is -0.298 e. The standard InChI is InChI=1S/C21H23N3O3S2/c1-5-19-15(4)28-21(22-19)23-20(25)18-12-17(10-9-14(18)3)29(26,27)24-16-8-6-7-13(2)11-16/h6-12,24H,5H2,1-4H3,(H,22,23,25). The molecule has 0 aliphatic heterocycles.